The number of hydrogen-bond acceptors (Lipinski definition) is 5. The van der Waals surface area contributed by atoms with Crippen LogP contribution in [0.5, 0.6) is 0 Å². The summed E-state index contributed by atoms with van der Waals surface area (Å²) in [5.74, 6) is 1.41. The molecule has 5 heteroatoms. The molecular formula is C14H18N4S. The predicted octanol–water partition coefficient (Wildman–Crippen LogP) is 2.64. The summed E-state index contributed by atoms with van der Waals surface area (Å²) in [4.78, 5) is 12.4. The molecule has 2 aromatic rings. The van der Waals surface area contributed by atoms with Crippen molar-refractivity contribution in [2.75, 3.05) is 17.7 Å². The fraction of sp³-hybridized carbons (Fsp3) is 0.429. The van der Waals surface area contributed by atoms with E-state index < -0.39 is 0 Å². The smallest absolute Gasteiger partial charge is 0.222 e. The van der Waals surface area contributed by atoms with Gasteiger partial charge < -0.3 is 10.6 Å². The molecule has 0 spiro atoms. The van der Waals surface area contributed by atoms with Crippen molar-refractivity contribution in [3.8, 4) is 0 Å². The summed E-state index contributed by atoms with van der Waals surface area (Å²) in [6, 6.07) is 4.23. The molecule has 2 N–H and O–H groups in total. The van der Waals surface area contributed by atoms with Gasteiger partial charge in [0.05, 0.1) is 12.2 Å². The van der Waals surface area contributed by atoms with Crippen LogP contribution in [-0.2, 0) is 19.4 Å². The first kappa shape index (κ1) is 12.4. The number of nitrogens with two attached hydrogens (primary N) is 1. The van der Waals surface area contributed by atoms with Gasteiger partial charge in [-0.1, -0.05) is 6.07 Å². The fourth-order valence-corrected chi connectivity index (χ4v) is 3.38. The Balaban J connectivity index is 1.92. The molecule has 0 amide bonds. The van der Waals surface area contributed by atoms with E-state index in [1.165, 1.54) is 23.3 Å². The van der Waals surface area contributed by atoms with E-state index in [1.54, 1.807) is 11.3 Å². The number of hydrogen-bond donors (Lipinski definition) is 1. The molecule has 4 nitrogen and oxygen atoms in total. The summed E-state index contributed by atoms with van der Waals surface area (Å²) in [5.41, 5.74) is 8.28. The van der Waals surface area contributed by atoms with Crippen LogP contribution >= 0.6 is 11.3 Å². The van der Waals surface area contributed by atoms with E-state index in [4.69, 9.17) is 5.73 Å². The molecule has 19 heavy (non-hydrogen) atoms. The van der Waals surface area contributed by atoms with Gasteiger partial charge in [0.25, 0.3) is 0 Å². The summed E-state index contributed by atoms with van der Waals surface area (Å²) < 4.78 is 0. The lowest BCUT2D eigenvalue weighted by Gasteiger charge is -2.24. The summed E-state index contributed by atoms with van der Waals surface area (Å²) >= 11 is 1.77. The van der Waals surface area contributed by atoms with Crippen LogP contribution in [0.2, 0.25) is 0 Å². The van der Waals surface area contributed by atoms with Crippen LogP contribution in [0.4, 0.5) is 11.8 Å². The zero-order chi connectivity index (χ0) is 13.2. The summed E-state index contributed by atoms with van der Waals surface area (Å²) in [6.45, 7) is 0.876. The first-order valence-electron chi connectivity index (χ1n) is 6.63. The van der Waals surface area contributed by atoms with Gasteiger partial charge in [-0.2, -0.15) is 4.98 Å². The molecular weight excluding hydrogens is 256 g/mol. The lowest BCUT2D eigenvalue weighted by Crippen LogP contribution is -2.22. The molecule has 0 bridgehead atoms. The zero-order valence-corrected chi connectivity index (χ0v) is 11.9. The van der Waals surface area contributed by atoms with Crippen LogP contribution in [0, 0.1) is 0 Å². The van der Waals surface area contributed by atoms with Gasteiger partial charge in [0.15, 0.2) is 0 Å². The standard InChI is InChI=1S/C14H18N4S/c1-18(9-10-5-4-8-19-10)13-11-6-2-3-7-12(11)16-14(15)17-13/h4-5,8H,2-3,6-7,9H2,1H3,(H2,15,16,17). The van der Waals surface area contributed by atoms with Crippen molar-refractivity contribution in [2.45, 2.75) is 32.2 Å². The van der Waals surface area contributed by atoms with Crippen molar-refractivity contribution in [3.05, 3.63) is 33.6 Å². The molecule has 0 aliphatic heterocycles. The van der Waals surface area contributed by atoms with Crippen molar-refractivity contribution in [2.24, 2.45) is 0 Å². The minimum atomic E-state index is 0.397. The summed E-state index contributed by atoms with van der Waals surface area (Å²) in [7, 11) is 2.08. The number of aromatic nitrogens is 2. The number of rotatable bonds is 3. The van der Waals surface area contributed by atoms with Gasteiger partial charge in [-0.25, -0.2) is 4.98 Å². The van der Waals surface area contributed by atoms with Gasteiger partial charge in [-0.05, 0) is 37.1 Å². The maximum absolute atomic E-state index is 5.85. The molecule has 2 aromatic heterocycles. The van der Waals surface area contributed by atoms with Crippen molar-refractivity contribution in [1.82, 2.24) is 9.97 Å². The van der Waals surface area contributed by atoms with E-state index >= 15 is 0 Å². The van der Waals surface area contributed by atoms with Crippen molar-refractivity contribution < 1.29 is 0 Å². The number of anilines is 2. The van der Waals surface area contributed by atoms with Crippen molar-refractivity contribution in [3.63, 3.8) is 0 Å². The molecule has 0 saturated heterocycles. The lowest BCUT2D eigenvalue weighted by molar-refractivity contribution is 0.660. The molecule has 100 valence electrons. The second kappa shape index (κ2) is 5.17. The van der Waals surface area contributed by atoms with E-state index in [9.17, 15) is 0 Å². The first-order valence-corrected chi connectivity index (χ1v) is 7.51. The molecule has 3 rings (SSSR count). The van der Waals surface area contributed by atoms with Crippen LogP contribution < -0.4 is 10.6 Å². The van der Waals surface area contributed by atoms with Gasteiger partial charge in [0, 0.05) is 17.5 Å². The Morgan fingerprint density at radius 1 is 1.32 bits per heavy atom. The average molecular weight is 274 g/mol. The third kappa shape index (κ3) is 2.56. The van der Waals surface area contributed by atoms with Crippen molar-refractivity contribution >= 4 is 23.1 Å². The molecule has 0 atom stereocenters. The monoisotopic (exact) mass is 274 g/mol. The Morgan fingerprint density at radius 3 is 2.95 bits per heavy atom. The van der Waals surface area contributed by atoms with Gasteiger partial charge in [0.1, 0.15) is 5.82 Å². The molecule has 0 unspecified atom stereocenters. The second-order valence-corrected chi connectivity index (χ2v) is 6.01. The predicted molar refractivity (Wildman–Crippen MR) is 79.5 cm³/mol. The average Bonchev–Trinajstić information content (AvgIpc) is 2.90. The topological polar surface area (TPSA) is 55.0 Å². The maximum Gasteiger partial charge on any atom is 0.222 e. The van der Waals surface area contributed by atoms with Gasteiger partial charge in [-0.3, -0.25) is 0 Å². The van der Waals surface area contributed by atoms with E-state index in [1.807, 2.05) is 0 Å². The van der Waals surface area contributed by atoms with Crippen LogP contribution in [0.15, 0.2) is 17.5 Å². The third-order valence-electron chi connectivity index (χ3n) is 3.51. The zero-order valence-electron chi connectivity index (χ0n) is 11.1. The summed E-state index contributed by atoms with van der Waals surface area (Å²) in [6.07, 6.45) is 4.53. The minimum absolute atomic E-state index is 0.397. The highest BCUT2D eigenvalue weighted by Crippen LogP contribution is 2.29. The highest BCUT2D eigenvalue weighted by Gasteiger charge is 2.19. The number of fused-ring (bicyclic) bond motifs is 1. The third-order valence-corrected chi connectivity index (χ3v) is 4.37. The molecule has 0 fully saturated rings. The minimum Gasteiger partial charge on any atom is -0.368 e. The fourth-order valence-electron chi connectivity index (χ4n) is 2.62. The molecule has 1 aliphatic carbocycles. The van der Waals surface area contributed by atoms with Crippen LogP contribution in [-0.4, -0.2) is 17.0 Å². The number of nitrogens with zero attached hydrogens (tertiary/aromatic N) is 3. The van der Waals surface area contributed by atoms with Crippen LogP contribution in [0.3, 0.4) is 0 Å². The van der Waals surface area contributed by atoms with Gasteiger partial charge >= 0.3 is 0 Å². The Bertz CT molecular complexity index is 565. The number of nitrogen functional groups attached to an aromatic ring is 1. The van der Waals surface area contributed by atoms with E-state index in [-0.39, 0.29) is 0 Å². The Morgan fingerprint density at radius 2 is 2.16 bits per heavy atom. The second-order valence-electron chi connectivity index (χ2n) is 4.97. The molecule has 0 radical (unpaired) electrons. The Kier molecular flexibility index (Phi) is 3.38. The first-order chi connectivity index (χ1) is 9.24. The van der Waals surface area contributed by atoms with E-state index in [0.717, 1.165) is 30.9 Å². The molecule has 0 saturated carbocycles. The molecule has 1 aliphatic rings. The Hall–Kier alpha value is -1.62. The van der Waals surface area contributed by atoms with E-state index in [2.05, 4.69) is 39.4 Å². The molecule has 0 aromatic carbocycles. The van der Waals surface area contributed by atoms with Crippen LogP contribution in [0.1, 0.15) is 29.0 Å². The van der Waals surface area contributed by atoms with E-state index in [0.29, 0.717) is 5.95 Å². The molecule has 2 heterocycles. The number of aryl methyl sites for hydroxylation is 1. The highest BCUT2D eigenvalue weighted by molar-refractivity contribution is 7.09. The van der Waals surface area contributed by atoms with Crippen LogP contribution in [0.25, 0.3) is 0 Å². The maximum atomic E-state index is 5.85. The van der Waals surface area contributed by atoms with Gasteiger partial charge in [0.2, 0.25) is 5.95 Å². The van der Waals surface area contributed by atoms with Gasteiger partial charge in [-0.15, -0.1) is 11.3 Å². The largest absolute Gasteiger partial charge is 0.368 e. The normalized spacial score (nSPS) is 14.2. The van der Waals surface area contributed by atoms with Crippen molar-refractivity contribution in [1.29, 1.82) is 0 Å². The quantitative estimate of drug-likeness (QED) is 0.935. The highest BCUT2D eigenvalue weighted by atomic mass is 32.1. The lowest BCUT2D eigenvalue weighted by atomic mass is 9.96. The number of thiophene rings is 1. The SMILES string of the molecule is CN(Cc1cccs1)c1nc(N)nc2c1CCCC2. The Labute approximate surface area is 117 Å². The summed E-state index contributed by atoms with van der Waals surface area (Å²) in [5, 5.41) is 2.10.